The maximum absolute atomic E-state index is 13.4. The minimum atomic E-state index is -1.35. The lowest BCUT2D eigenvalue weighted by atomic mass is 10.0. The summed E-state index contributed by atoms with van der Waals surface area (Å²) in [5.41, 5.74) is -1.47. The van der Waals surface area contributed by atoms with Gasteiger partial charge in [-0.05, 0) is 6.07 Å². The van der Waals surface area contributed by atoms with Crippen molar-refractivity contribution >= 4 is 11.8 Å². The Morgan fingerprint density at radius 1 is 1.05 bits per heavy atom. The Balaban J connectivity index is 2.47. The lowest BCUT2D eigenvalue weighted by molar-refractivity contribution is 0.0691. The van der Waals surface area contributed by atoms with E-state index in [0.717, 1.165) is 12.3 Å². The van der Waals surface area contributed by atoms with E-state index in [-0.39, 0.29) is 11.3 Å². The molecule has 98 valence electrons. The minimum Gasteiger partial charge on any atom is -0.477 e. The number of aromatic amines is 1. The first-order chi connectivity index (χ1) is 8.90. The van der Waals surface area contributed by atoms with Crippen LogP contribution in [0, 0.1) is 17.5 Å². The van der Waals surface area contributed by atoms with Gasteiger partial charge in [0, 0.05) is 23.9 Å². The number of rotatable bonds is 3. The predicted molar refractivity (Wildman–Crippen MR) is 57.5 cm³/mol. The van der Waals surface area contributed by atoms with E-state index in [1.165, 1.54) is 0 Å². The normalized spacial score (nSPS) is 10.5. The molecule has 0 fully saturated rings. The van der Waals surface area contributed by atoms with Gasteiger partial charge in [0.1, 0.15) is 23.1 Å². The molecule has 1 aromatic carbocycles. The van der Waals surface area contributed by atoms with Crippen molar-refractivity contribution in [1.82, 2.24) is 4.98 Å². The summed E-state index contributed by atoms with van der Waals surface area (Å²) in [4.78, 5) is 24.7. The molecule has 4 nitrogen and oxygen atoms in total. The number of hydrogen-bond donors (Lipinski definition) is 2. The zero-order valence-electron chi connectivity index (χ0n) is 9.21. The van der Waals surface area contributed by atoms with Gasteiger partial charge in [-0.25, -0.2) is 18.0 Å². The number of carbonyl (C=O) groups excluding carboxylic acids is 1. The van der Waals surface area contributed by atoms with Crippen LogP contribution in [0.5, 0.6) is 0 Å². The van der Waals surface area contributed by atoms with Crippen LogP contribution in [0.15, 0.2) is 24.4 Å². The predicted octanol–water partition coefficient (Wildman–Crippen LogP) is 2.36. The van der Waals surface area contributed by atoms with E-state index in [9.17, 15) is 22.8 Å². The molecule has 2 rings (SSSR count). The van der Waals surface area contributed by atoms with Crippen LogP contribution in [0.2, 0.25) is 0 Å². The zero-order valence-corrected chi connectivity index (χ0v) is 9.21. The number of ketones is 1. The smallest absolute Gasteiger partial charge is 0.352 e. The van der Waals surface area contributed by atoms with Gasteiger partial charge in [0.15, 0.2) is 5.78 Å². The molecule has 1 aromatic heterocycles. The number of carboxylic acid groups (broad SMARTS) is 1. The highest BCUT2D eigenvalue weighted by atomic mass is 19.1. The fourth-order valence-electron chi connectivity index (χ4n) is 1.55. The second-order valence-corrected chi connectivity index (χ2v) is 3.68. The summed E-state index contributed by atoms with van der Waals surface area (Å²) in [7, 11) is 0. The van der Waals surface area contributed by atoms with Crippen molar-refractivity contribution in [2.45, 2.75) is 0 Å². The lowest BCUT2D eigenvalue weighted by Gasteiger charge is -2.02. The summed E-state index contributed by atoms with van der Waals surface area (Å²) in [6.07, 6.45) is 1.01. The third kappa shape index (κ3) is 2.35. The summed E-state index contributed by atoms with van der Waals surface area (Å²) in [6, 6.07) is 1.69. The quantitative estimate of drug-likeness (QED) is 0.840. The Labute approximate surface area is 104 Å². The van der Waals surface area contributed by atoms with E-state index < -0.39 is 34.8 Å². The molecule has 0 aliphatic carbocycles. The molecule has 1 heterocycles. The number of aromatic nitrogens is 1. The Hall–Kier alpha value is -2.57. The molecule has 0 saturated heterocycles. The number of carboxylic acids is 1. The number of carbonyl (C=O) groups is 2. The first-order valence-corrected chi connectivity index (χ1v) is 5.01. The summed E-state index contributed by atoms with van der Waals surface area (Å²) < 4.78 is 39.5. The van der Waals surface area contributed by atoms with Crippen LogP contribution in [0.3, 0.4) is 0 Å². The van der Waals surface area contributed by atoms with Crippen molar-refractivity contribution in [2.75, 3.05) is 0 Å². The maximum atomic E-state index is 13.4. The van der Waals surface area contributed by atoms with E-state index in [1.54, 1.807) is 0 Å². The number of hydrogen-bond acceptors (Lipinski definition) is 2. The van der Waals surface area contributed by atoms with Gasteiger partial charge >= 0.3 is 5.97 Å². The van der Waals surface area contributed by atoms with Gasteiger partial charge in [-0.1, -0.05) is 0 Å². The van der Waals surface area contributed by atoms with Crippen LogP contribution in [0.4, 0.5) is 13.2 Å². The largest absolute Gasteiger partial charge is 0.477 e. The van der Waals surface area contributed by atoms with Crippen LogP contribution in [-0.4, -0.2) is 21.8 Å². The highest BCUT2D eigenvalue weighted by molar-refractivity contribution is 6.10. The molecule has 19 heavy (non-hydrogen) atoms. The van der Waals surface area contributed by atoms with Gasteiger partial charge in [0.25, 0.3) is 0 Å². The topological polar surface area (TPSA) is 70.2 Å². The summed E-state index contributed by atoms with van der Waals surface area (Å²) in [6.45, 7) is 0. The number of H-pyrrole nitrogens is 1. The van der Waals surface area contributed by atoms with E-state index in [0.29, 0.717) is 12.1 Å². The highest BCUT2D eigenvalue weighted by Crippen LogP contribution is 2.19. The Bertz CT molecular complexity index is 656. The number of aromatic carboxylic acids is 1. The average molecular weight is 269 g/mol. The lowest BCUT2D eigenvalue weighted by Crippen LogP contribution is -2.07. The van der Waals surface area contributed by atoms with Crippen molar-refractivity contribution in [2.24, 2.45) is 0 Å². The highest BCUT2D eigenvalue weighted by Gasteiger charge is 2.22. The summed E-state index contributed by atoms with van der Waals surface area (Å²) >= 11 is 0. The maximum Gasteiger partial charge on any atom is 0.352 e. The molecule has 0 aliphatic rings. The van der Waals surface area contributed by atoms with E-state index in [2.05, 4.69) is 4.98 Å². The number of nitrogens with one attached hydrogen (secondary N) is 1. The van der Waals surface area contributed by atoms with Crippen molar-refractivity contribution in [3.63, 3.8) is 0 Å². The average Bonchev–Trinajstić information content (AvgIpc) is 2.76. The Morgan fingerprint density at radius 2 is 1.63 bits per heavy atom. The molecule has 0 bridgehead atoms. The first kappa shape index (κ1) is 12.9. The standard InChI is InChI=1S/C12H6F3NO3/c13-6-2-7(14)10(8(15)3-6)11(17)5-1-9(12(18)19)16-4-5/h1-4,16H,(H,18,19). The molecule has 0 aliphatic heterocycles. The Morgan fingerprint density at radius 3 is 2.11 bits per heavy atom. The van der Waals surface area contributed by atoms with Gasteiger partial charge in [-0.3, -0.25) is 4.79 Å². The molecular weight excluding hydrogens is 263 g/mol. The van der Waals surface area contributed by atoms with Crippen LogP contribution in [0.25, 0.3) is 0 Å². The van der Waals surface area contributed by atoms with Crippen molar-refractivity contribution < 1.29 is 27.9 Å². The summed E-state index contributed by atoms with van der Waals surface area (Å²) in [5.74, 6) is -6.23. The van der Waals surface area contributed by atoms with Crippen LogP contribution in [-0.2, 0) is 0 Å². The summed E-state index contributed by atoms with van der Waals surface area (Å²) in [5, 5.41) is 8.66. The monoisotopic (exact) mass is 269 g/mol. The van der Waals surface area contributed by atoms with Crippen molar-refractivity contribution in [3.8, 4) is 0 Å². The SMILES string of the molecule is O=C(O)c1cc(C(=O)c2c(F)cc(F)cc2F)c[nH]1. The second kappa shape index (κ2) is 4.60. The fourth-order valence-corrected chi connectivity index (χ4v) is 1.55. The van der Waals surface area contributed by atoms with E-state index in [4.69, 9.17) is 5.11 Å². The van der Waals surface area contributed by atoms with Gasteiger partial charge < -0.3 is 10.1 Å². The molecule has 2 aromatic rings. The second-order valence-electron chi connectivity index (χ2n) is 3.68. The molecule has 0 spiro atoms. The number of benzene rings is 1. The van der Waals surface area contributed by atoms with Crippen LogP contribution >= 0.6 is 0 Å². The Kier molecular flexibility index (Phi) is 3.12. The van der Waals surface area contributed by atoms with Gasteiger partial charge in [-0.2, -0.15) is 0 Å². The fraction of sp³-hybridized carbons (Fsp3) is 0. The molecule has 0 saturated carbocycles. The zero-order chi connectivity index (χ0) is 14.2. The molecular formula is C12H6F3NO3. The molecule has 0 atom stereocenters. The third-order valence-corrected chi connectivity index (χ3v) is 2.41. The van der Waals surface area contributed by atoms with Crippen molar-refractivity contribution in [1.29, 1.82) is 0 Å². The minimum absolute atomic E-state index is 0.234. The van der Waals surface area contributed by atoms with Gasteiger partial charge in [-0.15, -0.1) is 0 Å². The van der Waals surface area contributed by atoms with E-state index >= 15 is 0 Å². The van der Waals surface area contributed by atoms with Crippen molar-refractivity contribution in [3.05, 3.63) is 58.7 Å². The van der Waals surface area contributed by atoms with Gasteiger partial charge in [0.05, 0.1) is 5.56 Å². The molecule has 0 radical (unpaired) electrons. The molecule has 2 N–H and O–H groups in total. The van der Waals surface area contributed by atoms with Gasteiger partial charge in [0.2, 0.25) is 0 Å². The first-order valence-electron chi connectivity index (χ1n) is 5.01. The van der Waals surface area contributed by atoms with Crippen LogP contribution < -0.4 is 0 Å². The van der Waals surface area contributed by atoms with E-state index in [1.807, 2.05) is 0 Å². The molecule has 0 amide bonds. The third-order valence-electron chi connectivity index (χ3n) is 2.41. The number of halogens is 3. The molecule has 7 heteroatoms. The van der Waals surface area contributed by atoms with Crippen LogP contribution in [0.1, 0.15) is 26.4 Å². The molecule has 0 unspecified atom stereocenters.